The Balaban J connectivity index is 1.77. The van der Waals surface area contributed by atoms with Crippen molar-refractivity contribution in [1.82, 2.24) is 15.6 Å². The summed E-state index contributed by atoms with van der Waals surface area (Å²) in [5, 5.41) is 7.31. The van der Waals surface area contributed by atoms with E-state index in [9.17, 15) is 4.79 Å². The summed E-state index contributed by atoms with van der Waals surface area (Å²) in [6, 6.07) is 10.2. The first-order chi connectivity index (χ1) is 9.79. The van der Waals surface area contributed by atoms with Gasteiger partial charge in [-0.3, -0.25) is 9.78 Å². The number of aromatic nitrogens is 1. The first-order valence-corrected chi connectivity index (χ1v) is 7.10. The topological polar surface area (TPSA) is 54.0 Å². The van der Waals surface area contributed by atoms with Crippen LogP contribution in [0.15, 0.2) is 36.5 Å². The molecule has 0 saturated carbocycles. The molecule has 2 N–H and O–H groups in total. The summed E-state index contributed by atoms with van der Waals surface area (Å²) in [4.78, 5) is 15.7. The van der Waals surface area contributed by atoms with Gasteiger partial charge >= 0.3 is 0 Å². The number of amides is 1. The van der Waals surface area contributed by atoms with Gasteiger partial charge < -0.3 is 10.6 Å². The quantitative estimate of drug-likeness (QED) is 0.759. The standard InChI is InChI=1S/C16H21N3O/c1-2-8-19-16(20)7-10-17-12-13-5-6-15-14(11-13)4-3-9-18-15/h3-6,9,11,17H,2,7-8,10,12H2,1H3,(H,19,20). The third kappa shape index (κ3) is 4.31. The number of carbonyl (C=O) groups is 1. The minimum atomic E-state index is 0.113. The van der Waals surface area contributed by atoms with Crippen molar-refractivity contribution in [3.05, 3.63) is 42.1 Å². The monoisotopic (exact) mass is 271 g/mol. The summed E-state index contributed by atoms with van der Waals surface area (Å²) in [7, 11) is 0. The van der Waals surface area contributed by atoms with Gasteiger partial charge in [-0.15, -0.1) is 0 Å². The van der Waals surface area contributed by atoms with Gasteiger partial charge in [-0.1, -0.05) is 19.1 Å². The molecule has 1 amide bonds. The molecule has 1 heterocycles. The van der Waals surface area contributed by atoms with E-state index in [2.05, 4.69) is 33.8 Å². The van der Waals surface area contributed by atoms with Crippen LogP contribution in [-0.2, 0) is 11.3 Å². The number of nitrogens with one attached hydrogen (secondary N) is 2. The second kappa shape index (κ2) is 7.60. The number of rotatable bonds is 7. The largest absolute Gasteiger partial charge is 0.356 e. The lowest BCUT2D eigenvalue weighted by Gasteiger charge is -2.06. The Morgan fingerprint density at radius 1 is 1.25 bits per heavy atom. The van der Waals surface area contributed by atoms with E-state index < -0.39 is 0 Å². The Kier molecular flexibility index (Phi) is 5.50. The highest BCUT2D eigenvalue weighted by atomic mass is 16.1. The second-order valence-electron chi connectivity index (χ2n) is 4.81. The normalized spacial score (nSPS) is 10.7. The molecule has 0 aliphatic carbocycles. The molecule has 0 aliphatic rings. The van der Waals surface area contributed by atoms with E-state index in [-0.39, 0.29) is 5.91 Å². The van der Waals surface area contributed by atoms with Crippen LogP contribution in [0, 0.1) is 0 Å². The van der Waals surface area contributed by atoms with Gasteiger partial charge in [-0.2, -0.15) is 0 Å². The molecule has 2 aromatic rings. The predicted molar refractivity (Wildman–Crippen MR) is 81.4 cm³/mol. The molecule has 2 rings (SSSR count). The van der Waals surface area contributed by atoms with Gasteiger partial charge in [0.25, 0.3) is 0 Å². The van der Waals surface area contributed by atoms with Gasteiger partial charge in [0, 0.05) is 37.6 Å². The fraction of sp³-hybridized carbons (Fsp3) is 0.375. The van der Waals surface area contributed by atoms with E-state index in [4.69, 9.17) is 0 Å². The van der Waals surface area contributed by atoms with Gasteiger partial charge in [0.05, 0.1) is 5.52 Å². The van der Waals surface area contributed by atoms with Crippen LogP contribution in [-0.4, -0.2) is 24.0 Å². The van der Waals surface area contributed by atoms with Gasteiger partial charge in [0.2, 0.25) is 5.91 Å². The minimum Gasteiger partial charge on any atom is -0.356 e. The highest BCUT2D eigenvalue weighted by Crippen LogP contribution is 2.12. The van der Waals surface area contributed by atoms with Crippen molar-refractivity contribution in [3.8, 4) is 0 Å². The van der Waals surface area contributed by atoms with E-state index in [1.807, 2.05) is 19.1 Å². The molecule has 0 fully saturated rings. The summed E-state index contributed by atoms with van der Waals surface area (Å²) < 4.78 is 0. The Labute approximate surface area is 119 Å². The van der Waals surface area contributed by atoms with Gasteiger partial charge in [-0.25, -0.2) is 0 Å². The van der Waals surface area contributed by atoms with E-state index in [0.717, 1.165) is 30.4 Å². The van der Waals surface area contributed by atoms with E-state index in [1.165, 1.54) is 5.56 Å². The average Bonchev–Trinajstić information content (AvgIpc) is 2.49. The van der Waals surface area contributed by atoms with Gasteiger partial charge in [-0.05, 0) is 30.2 Å². The molecule has 1 aromatic carbocycles. The van der Waals surface area contributed by atoms with Crippen LogP contribution in [0.5, 0.6) is 0 Å². The van der Waals surface area contributed by atoms with Crippen LogP contribution in [0.4, 0.5) is 0 Å². The van der Waals surface area contributed by atoms with Crippen LogP contribution in [0.1, 0.15) is 25.3 Å². The van der Waals surface area contributed by atoms with Crippen LogP contribution >= 0.6 is 0 Å². The Bertz CT molecular complexity index is 568. The van der Waals surface area contributed by atoms with Crippen molar-refractivity contribution in [2.45, 2.75) is 26.3 Å². The molecule has 0 bridgehead atoms. The molecule has 0 aliphatic heterocycles. The lowest BCUT2D eigenvalue weighted by molar-refractivity contribution is -0.120. The number of carbonyl (C=O) groups excluding carboxylic acids is 1. The van der Waals surface area contributed by atoms with Crippen molar-refractivity contribution in [3.63, 3.8) is 0 Å². The second-order valence-corrected chi connectivity index (χ2v) is 4.81. The SMILES string of the molecule is CCCNC(=O)CCNCc1ccc2ncccc2c1. The molecule has 4 nitrogen and oxygen atoms in total. The molecule has 0 spiro atoms. The zero-order chi connectivity index (χ0) is 14.2. The number of fused-ring (bicyclic) bond motifs is 1. The third-order valence-electron chi connectivity index (χ3n) is 3.10. The Morgan fingerprint density at radius 2 is 2.15 bits per heavy atom. The van der Waals surface area contributed by atoms with Gasteiger partial charge in [0.15, 0.2) is 0 Å². The molecule has 4 heteroatoms. The van der Waals surface area contributed by atoms with Crippen molar-refractivity contribution in [2.24, 2.45) is 0 Å². The predicted octanol–water partition coefficient (Wildman–Crippen LogP) is 2.24. The first-order valence-electron chi connectivity index (χ1n) is 7.10. The van der Waals surface area contributed by atoms with Crippen LogP contribution in [0.2, 0.25) is 0 Å². The van der Waals surface area contributed by atoms with E-state index in [0.29, 0.717) is 13.0 Å². The summed E-state index contributed by atoms with van der Waals surface area (Å²) in [5.41, 5.74) is 2.22. The summed E-state index contributed by atoms with van der Waals surface area (Å²) in [6.07, 6.45) is 3.30. The third-order valence-corrected chi connectivity index (χ3v) is 3.10. The van der Waals surface area contributed by atoms with Crippen LogP contribution in [0.25, 0.3) is 10.9 Å². The van der Waals surface area contributed by atoms with Crippen molar-refractivity contribution in [2.75, 3.05) is 13.1 Å². The van der Waals surface area contributed by atoms with Crippen LogP contribution in [0.3, 0.4) is 0 Å². The van der Waals surface area contributed by atoms with Gasteiger partial charge in [0.1, 0.15) is 0 Å². The molecule has 20 heavy (non-hydrogen) atoms. The molecule has 0 saturated heterocycles. The van der Waals surface area contributed by atoms with Crippen molar-refractivity contribution < 1.29 is 4.79 Å². The summed E-state index contributed by atoms with van der Waals surface area (Å²) in [5.74, 6) is 0.113. The number of hydrogen-bond donors (Lipinski definition) is 2. The zero-order valence-corrected chi connectivity index (χ0v) is 11.9. The summed E-state index contributed by atoms with van der Waals surface area (Å²) in [6.45, 7) is 4.27. The minimum absolute atomic E-state index is 0.113. The average molecular weight is 271 g/mol. The number of nitrogens with zero attached hydrogens (tertiary/aromatic N) is 1. The van der Waals surface area contributed by atoms with E-state index >= 15 is 0 Å². The van der Waals surface area contributed by atoms with Crippen molar-refractivity contribution in [1.29, 1.82) is 0 Å². The van der Waals surface area contributed by atoms with Crippen LogP contribution < -0.4 is 10.6 Å². The highest BCUT2D eigenvalue weighted by molar-refractivity contribution is 5.79. The lowest BCUT2D eigenvalue weighted by Crippen LogP contribution is -2.28. The Morgan fingerprint density at radius 3 is 3.00 bits per heavy atom. The van der Waals surface area contributed by atoms with Crippen molar-refractivity contribution >= 4 is 16.8 Å². The zero-order valence-electron chi connectivity index (χ0n) is 11.9. The first kappa shape index (κ1) is 14.5. The fourth-order valence-corrected chi connectivity index (χ4v) is 2.02. The molecular weight excluding hydrogens is 250 g/mol. The maximum atomic E-state index is 11.4. The molecule has 0 atom stereocenters. The molecule has 0 radical (unpaired) electrons. The number of pyridine rings is 1. The Hall–Kier alpha value is -1.94. The lowest BCUT2D eigenvalue weighted by atomic mass is 10.1. The molecule has 0 unspecified atom stereocenters. The molecule has 106 valence electrons. The molecule has 1 aromatic heterocycles. The number of benzene rings is 1. The number of hydrogen-bond acceptors (Lipinski definition) is 3. The maximum Gasteiger partial charge on any atom is 0.221 e. The maximum absolute atomic E-state index is 11.4. The smallest absolute Gasteiger partial charge is 0.221 e. The highest BCUT2D eigenvalue weighted by Gasteiger charge is 2.00. The summed E-state index contributed by atoms with van der Waals surface area (Å²) >= 11 is 0. The molecular formula is C16H21N3O. The van der Waals surface area contributed by atoms with E-state index in [1.54, 1.807) is 6.20 Å². The fourth-order valence-electron chi connectivity index (χ4n) is 2.02.